The first kappa shape index (κ1) is 14.0. The van der Waals surface area contributed by atoms with Crippen LogP contribution >= 0.6 is 23.5 Å². The highest BCUT2D eigenvalue weighted by atomic mass is 32.2. The van der Waals surface area contributed by atoms with Crippen LogP contribution < -0.4 is 0 Å². The van der Waals surface area contributed by atoms with Crippen LogP contribution in [0.25, 0.3) is 0 Å². The van der Waals surface area contributed by atoms with E-state index >= 15 is 0 Å². The zero-order chi connectivity index (χ0) is 13.8. The number of aromatic nitrogens is 2. The number of benzene rings is 1. The van der Waals surface area contributed by atoms with Crippen LogP contribution in [0.5, 0.6) is 0 Å². The van der Waals surface area contributed by atoms with Crippen molar-refractivity contribution in [3.8, 4) is 0 Å². The fraction of sp³-hybridized carbons (Fsp3) is 0.467. The van der Waals surface area contributed by atoms with Gasteiger partial charge in [-0.05, 0) is 36.6 Å². The molecule has 0 N–H and O–H groups in total. The molecule has 0 amide bonds. The lowest BCUT2D eigenvalue weighted by Gasteiger charge is -2.14. The highest BCUT2D eigenvalue weighted by Gasteiger charge is 2.21. The average Bonchev–Trinajstić information content (AvgIpc) is 2.80. The molecule has 0 bridgehead atoms. The SMILES string of the molecule is CSCc1nnc(S[C@H]2CCCCc3ccccc32)o1. The summed E-state index contributed by atoms with van der Waals surface area (Å²) in [6, 6.07) is 8.76. The number of rotatable bonds is 4. The van der Waals surface area contributed by atoms with Crippen molar-refractivity contribution in [1.82, 2.24) is 10.2 Å². The fourth-order valence-corrected chi connectivity index (χ4v) is 4.07. The highest BCUT2D eigenvalue weighted by molar-refractivity contribution is 7.99. The number of hydrogen-bond acceptors (Lipinski definition) is 5. The van der Waals surface area contributed by atoms with E-state index in [1.54, 1.807) is 23.5 Å². The molecule has 1 heterocycles. The van der Waals surface area contributed by atoms with Crippen LogP contribution in [0.2, 0.25) is 0 Å². The second kappa shape index (κ2) is 6.68. The summed E-state index contributed by atoms with van der Waals surface area (Å²) in [5.74, 6) is 1.51. The molecule has 0 saturated heterocycles. The van der Waals surface area contributed by atoms with Gasteiger partial charge in [-0.15, -0.1) is 10.2 Å². The maximum absolute atomic E-state index is 5.70. The molecule has 1 aliphatic carbocycles. The molecule has 1 atom stereocenters. The third kappa shape index (κ3) is 3.20. The fourth-order valence-electron chi connectivity index (χ4n) is 2.59. The van der Waals surface area contributed by atoms with E-state index in [4.69, 9.17) is 4.42 Å². The summed E-state index contributed by atoms with van der Waals surface area (Å²) in [5.41, 5.74) is 2.92. The molecule has 106 valence electrons. The van der Waals surface area contributed by atoms with E-state index in [9.17, 15) is 0 Å². The summed E-state index contributed by atoms with van der Waals surface area (Å²) >= 11 is 3.42. The topological polar surface area (TPSA) is 38.9 Å². The van der Waals surface area contributed by atoms with Gasteiger partial charge in [0.25, 0.3) is 5.22 Å². The minimum Gasteiger partial charge on any atom is -0.415 e. The molecule has 1 aromatic carbocycles. The van der Waals surface area contributed by atoms with Gasteiger partial charge in [-0.1, -0.05) is 42.4 Å². The summed E-state index contributed by atoms with van der Waals surface area (Å²) in [4.78, 5) is 0. The van der Waals surface area contributed by atoms with E-state index in [1.807, 2.05) is 6.26 Å². The lowest BCUT2D eigenvalue weighted by molar-refractivity contribution is 0.425. The summed E-state index contributed by atoms with van der Waals surface area (Å²) < 4.78 is 5.70. The molecule has 5 heteroatoms. The Kier molecular flexibility index (Phi) is 4.68. The largest absolute Gasteiger partial charge is 0.415 e. The van der Waals surface area contributed by atoms with E-state index in [0.29, 0.717) is 10.5 Å². The molecule has 0 fully saturated rings. The average molecular weight is 306 g/mol. The maximum atomic E-state index is 5.70. The Hall–Kier alpha value is -0.940. The Morgan fingerprint density at radius 3 is 3.05 bits per heavy atom. The van der Waals surface area contributed by atoms with Gasteiger partial charge in [0.15, 0.2) is 0 Å². The lowest BCUT2D eigenvalue weighted by Crippen LogP contribution is -1.96. The number of fused-ring (bicyclic) bond motifs is 1. The van der Waals surface area contributed by atoms with E-state index in [1.165, 1.54) is 36.8 Å². The molecule has 0 aliphatic heterocycles. The number of aryl methyl sites for hydroxylation is 1. The molecule has 0 saturated carbocycles. The van der Waals surface area contributed by atoms with Crippen molar-refractivity contribution in [2.45, 2.75) is 41.9 Å². The van der Waals surface area contributed by atoms with Crippen molar-refractivity contribution in [3.05, 3.63) is 41.3 Å². The van der Waals surface area contributed by atoms with Gasteiger partial charge in [0, 0.05) is 5.25 Å². The van der Waals surface area contributed by atoms with Gasteiger partial charge in [-0.3, -0.25) is 0 Å². The van der Waals surface area contributed by atoms with Gasteiger partial charge in [0.2, 0.25) is 5.89 Å². The molecule has 0 spiro atoms. The maximum Gasteiger partial charge on any atom is 0.277 e. The first-order valence-electron chi connectivity index (χ1n) is 6.92. The molecular formula is C15H18N2OS2. The van der Waals surface area contributed by atoms with Crippen molar-refractivity contribution >= 4 is 23.5 Å². The molecule has 3 rings (SSSR count). The summed E-state index contributed by atoms with van der Waals surface area (Å²) in [7, 11) is 0. The van der Waals surface area contributed by atoms with Gasteiger partial charge in [0.05, 0.1) is 5.75 Å². The Bertz CT molecular complexity index is 571. The van der Waals surface area contributed by atoms with Crippen LogP contribution in [0.3, 0.4) is 0 Å². The molecule has 1 aromatic heterocycles. The zero-order valence-electron chi connectivity index (χ0n) is 11.5. The number of nitrogens with zero attached hydrogens (tertiary/aromatic N) is 2. The van der Waals surface area contributed by atoms with Crippen molar-refractivity contribution in [1.29, 1.82) is 0 Å². The third-order valence-corrected chi connectivity index (χ3v) is 5.20. The van der Waals surface area contributed by atoms with Gasteiger partial charge < -0.3 is 4.42 Å². The number of hydrogen-bond donors (Lipinski definition) is 0. The van der Waals surface area contributed by atoms with Crippen LogP contribution in [0, 0.1) is 0 Å². The van der Waals surface area contributed by atoms with Crippen LogP contribution in [0.15, 0.2) is 33.9 Å². The summed E-state index contributed by atoms with van der Waals surface area (Å²) in [6.45, 7) is 0. The monoisotopic (exact) mass is 306 g/mol. The van der Waals surface area contributed by atoms with Crippen molar-refractivity contribution < 1.29 is 4.42 Å². The second-order valence-corrected chi connectivity index (χ2v) is 6.97. The van der Waals surface area contributed by atoms with Gasteiger partial charge >= 0.3 is 0 Å². The summed E-state index contributed by atoms with van der Waals surface area (Å²) in [6.07, 6.45) is 6.95. The zero-order valence-corrected chi connectivity index (χ0v) is 13.2. The molecule has 0 radical (unpaired) electrons. The Morgan fingerprint density at radius 1 is 1.25 bits per heavy atom. The smallest absolute Gasteiger partial charge is 0.277 e. The van der Waals surface area contributed by atoms with E-state index in [2.05, 4.69) is 34.5 Å². The highest BCUT2D eigenvalue weighted by Crippen LogP contribution is 2.41. The van der Waals surface area contributed by atoms with Crippen LogP contribution in [-0.2, 0) is 12.2 Å². The lowest BCUT2D eigenvalue weighted by atomic mass is 10.0. The van der Waals surface area contributed by atoms with E-state index in [-0.39, 0.29) is 0 Å². The van der Waals surface area contributed by atoms with Crippen molar-refractivity contribution in [3.63, 3.8) is 0 Å². The van der Waals surface area contributed by atoms with Crippen LogP contribution in [0.1, 0.15) is 41.5 Å². The molecule has 3 nitrogen and oxygen atoms in total. The first-order chi connectivity index (χ1) is 9.86. The normalized spacial score (nSPS) is 18.6. The minimum absolute atomic E-state index is 0.441. The first-order valence-corrected chi connectivity index (χ1v) is 9.20. The summed E-state index contributed by atoms with van der Waals surface area (Å²) in [5, 5.41) is 9.40. The van der Waals surface area contributed by atoms with Crippen molar-refractivity contribution in [2.75, 3.05) is 6.26 Å². The predicted molar refractivity (Wildman–Crippen MR) is 84.1 cm³/mol. The van der Waals surface area contributed by atoms with Gasteiger partial charge in [-0.2, -0.15) is 11.8 Å². The Balaban J connectivity index is 1.79. The van der Waals surface area contributed by atoms with Crippen LogP contribution in [-0.4, -0.2) is 16.5 Å². The molecule has 2 aromatic rings. The Morgan fingerprint density at radius 2 is 2.15 bits per heavy atom. The quantitative estimate of drug-likeness (QED) is 0.778. The van der Waals surface area contributed by atoms with Crippen LogP contribution in [0.4, 0.5) is 0 Å². The standard InChI is InChI=1S/C15H18N2OS2/c1-19-10-14-16-17-15(18-14)20-13-9-5-3-7-11-6-2-4-8-12(11)13/h2,4,6,8,13H,3,5,7,9-10H2,1H3/t13-/m0/s1. The van der Waals surface area contributed by atoms with Gasteiger partial charge in [-0.25, -0.2) is 0 Å². The number of thioether (sulfide) groups is 2. The van der Waals surface area contributed by atoms with E-state index < -0.39 is 0 Å². The van der Waals surface area contributed by atoms with E-state index in [0.717, 1.165) is 11.6 Å². The predicted octanol–water partition coefficient (Wildman–Crippen LogP) is 4.49. The molecule has 0 unspecified atom stereocenters. The molecule has 20 heavy (non-hydrogen) atoms. The molecular weight excluding hydrogens is 288 g/mol. The van der Waals surface area contributed by atoms with Crippen molar-refractivity contribution in [2.24, 2.45) is 0 Å². The third-order valence-electron chi connectivity index (χ3n) is 3.52. The Labute approximate surface area is 127 Å². The molecule has 1 aliphatic rings. The van der Waals surface area contributed by atoms with Gasteiger partial charge in [0.1, 0.15) is 0 Å². The second-order valence-electron chi connectivity index (χ2n) is 4.95. The minimum atomic E-state index is 0.441.